The lowest BCUT2D eigenvalue weighted by atomic mass is 9.94. The molecule has 1 aliphatic rings. The molecule has 1 aliphatic heterocycles. The van der Waals surface area contributed by atoms with E-state index in [0.717, 1.165) is 18.4 Å². The molecule has 2 atom stereocenters. The summed E-state index contributed by atoms with van der Waals surface area (Å²) in [5, 5.41) is 9.45. The van der Waals surface area contributed by atoms with Crippen molar-refractivity contribution in [2.45, 2.75) is 18.9 Å². The number of carboxylic acids is 1. The first-order valence-electron chi connectivity index (χ1n) is 6.40. The third-order valence-corrected chi connectivity index (χ3v) is 3.57. The average Bonchev–Trinajstić information content (AvgIpc) is 2.40. The number of carbonyl (C=O) groups is 2. The highest BCUT2D eigenvalue weighted by Crippen LogP contribution is 2.27. The second kappa shape index (κ2) is 5.84. The number of aliphatic carboxylic acids is 1. The summed E-state index contributed by atoms with van der Waals surface area (Å²) < 4.78 is 0. The molecule has 1 aromatic rings. The summed E-state index contributed by atoms with van der Waals surface area (Å²) in [6.45, 7) is 1.09. The van der Waals surface area contributed by atoms with Crippen molar-refractivity contribution in [2.75, 3.05) is 13.1 Å². The summed E-state index contributed by atoms with van der Waals surface area (Å²) in [6, 6.07) is 8.38. The maximum atomic E-state index is 11.5. The molecule has 102 valence electrons. The second-order valence-electron chi connectivity index (χ2n) is 4.89. The molecule has 1 saturated heterocycles. The topological polar surface area (TPSA) is 83.6 Å². The fourth-order valence-corrected chi connectivity index (χ4v) is 2.62. The molecule has 0 bridgehead atoms. The highest BCUT2D eigenvalue weighted by Gasteiger charge is 2.33. The molecule has 1 fully saturated rings. The van der Waals surface area contributed by atoms with Crippen LogP contribution in [0.5, 0.6) is 0 Å². The number of primary amides is 1. The Morgan fingerprint density at radius 1 is 1.32 bits per heavy atom. The van der Waals surface area contributed by atoms with E-state index in [2.05, 4.69) is 0 Å². The molecule has 1 heterocycles. The smallest absolute Gasteiger partial charge is 0.325 e. The summed E-state index contributed by atoms with van der Waals surface area (Å²) in [5.74, 6) is -1.49. The standard InChI is InChI=1S/C14H18N2O3/c15-13(17)11-7-4-8-16(9-11)12(14(18)19)10-5-2-1-3-6-10/h1-3,5-6,11-12H,4,7-9H2,(H2,15,17)(H,18,19). The molecule has 0 spiro atoms. The van der Waals surface area contributed by atoms with E-state index in [0.29, 0.717) is 13.1 Å². The summed E-state index contributed by atoms with van der Waals surface area (Å²) in [5.41, 5.74) is 6.07. The monoisotopic (exact) mass is 262 g/mol. The van der Waals surface area contributed by atoms with Crippen molar-refractivity contribution >= 4 is 11.9 Å². The lowest BCUT2D eigenvalue weighted by Gasteiger charge is -2.35. The SMILES string of the molecule is NC(=O)C1CCCN(C(C(=O)O)c2ccccc2)C1. The number of hydrogen-bond acceptors (Lipinski definition) is 3. The Bertz CT molecular complexity index is 461. The van der Waals surface area contributed by atoms with Gasteiger partial charge in [-0.3, -0.25) is 14.5 Å². The average molecular weight is 262 g/mol. The minimum Gasteiger partial charge on any atom is -0.480 e. The number of likely N-dealkylation sites (tertiary alicyclic amines) is 1. The number of piperidine rings is 1. The molecule has 5 nitrogen and oxygen atoms in total. The molecule has 5 heteroatoms. The first kappa shape index (κ1) is 13.5. The van der Waals surface area contributed by atoms with Crippen LogP contribution in [-0.2, 0) is 9.59 Å². The van der Waals surface area contributed by atoms with Crippen molar-refractivity contribution in [1.82, 2.24) is 4.90 Å². The number of carboxylic acid groups (broad SMARTS) is 1. The van der Waals surface area contributed by atoms with E-state index in [-0.39, 0.29) is 11.8 Å². The van der Waals surface area contributed by atoms with E-state index in [1.54, 1.807) is 12.1 Å². The van der Waals surface area contributed by atoms with Gasteiger partial charge in [0.1, 0.15) is 6.04 Å². The Labute approximate surface area is 112 Å². The van der Waals surface area contributed by atoms with E-state index in [4.69, 9.17) is 5.73 Å². The van der Waals surface area contributed by atoms with Crippen LogP contribution >= 0.6 is 0 Å². The molecule has 1 aromatic carbocycles. The van der Waals surface area contributed by atoms with Crippen LogP contribution in [0.2, 0.25) is 0 Å². The van der Waals surface area contributed by atoms with Crippen LogP contribution < -0.4 is 5.73 Å². The zero-order valence-corrected chi connectivity index (χ0v) is 10.7. The maximum Gasteiger partial charge on any atom is 0.325 e. The Morgan fingerprint density at radius 3 is 2.58 bits per heavy atom. The third kappa shape index (κ3) is 3.12. The summed E-state index contributed by atoms with van der Waals surface area (Å²) in [6.07, 6.45) is 1.54. The number of carbonyl (C=O) groups excluding carboxylic acids is 1. The van der Waals surface area contributed by atoms with Gasteiger partial charge < -0.3 is 10.8 Å². The first-order chi connectivity index (χ1) is 9.09. The van der Waals surface area contributed by atoms with E-state index in [1.807, 2.05) is 23.1 Å². The highest BCUT2D eigenvalue weighted by molar-refractivity contribution is 5.78. The van der Waals surface area contributed by atoms with Gasteiger partial charge in [0.25, 0.3) is 0 Å². The number of hydrogen-bond donors (Lipinski definition) is 2. The van der Waals surface area contributed by atoms with Crippen molar-refractivity contribution in [1.29, 1.82) is 0 Å². The molecule has 3 N–H and O–H groups in total. The van der Waals surface area contributed by atoms with Crippen molar-refractivity contribution < 1.29 is 14.7 Å². The number of nitrogens with zero attached hydrogens (tertiary/aromatic N) is 1. The largest absolute Gasteiger partial charge is 0.480 e. The van der Waals surface area contributed by atoms with Gasteiger partial charge in [0, 0.05) is 6.54 Å². The van der Waals surface area contributed by atoms with Crippen LogP contribution in [0, 0.1) is 5.92 Å². The van der Waals surface area contributed by atoms with Gasteiger partial charge in [-0.25, -0.2) is 0 Å². The molecule has 1 amide bonds. The zero-order valence-electron chi connectivity index (χ0n) is 10.7. The van der Waals surface area contributed by atoms with Crippen LogP contribution in [0.1, 0.15) is 24.4 Å². The molecule has 2 unspecified atom stereocenters. The van der Waals surface area contributed by atoms with Gasteiger partial charge >= 0.3 is 5.97 Å². The molecule has 0 aromatic heterocycles. The summed E-state index contributed by atoms with van der Waals surface area (Å²) >= 11 is 0. The quantitative estimate of drug-likeness (QED) is 0.848. The fraction of sp³-hybridized carbons (Fsp3) is 0.429. The van der Waals surface area contributed by atoms with Gasteiger partial charge in [-0.1, -0.05) is 30.3 Å². The predicted octanol–water partition coefficient (Wildman–Crippen LogP) is 1.01. The molecule has 0 radical (unpaired) electrons. The van der Waals surface area contributed by atoms with Crippen molar-refractivity contribution in [3.8, 4) is 0 Å². The van der Waals surface area contributed by atoms with Crippen molar-refractivity contribution in [2.24, 2.45) is 11.7 Å². The normalized spacial score (nSPS) is 21.8. The van der Waals surface area contributed by atoms with E-state index >= 15 is 0 Å². The highest BCUT2D eigenvalue weighted by atomic mass is 16.4. The lowest BCUT2D eigenvalue weighted by molar-refractivity contribution is -0.145. The lowest BCUT2D eigenvalue weighted by Crippen LogP contribution is -2.45. The number of rotatable bonds is 4. The van der Waals surface area contributed by atoms with Gasteiger partial charge in [-0.15, -0.1) is 0 Å². The molecule has 0 aliphatic carbocycles. The first-order valence-corrected chi connectivity index (χ1v) is 6.40. The molecular weight excluding hydrogens is 244 g/mol. The summed E-state index contributed by atoms with van der Waals surface area (Å²) in [4.78, 5) is 24.6. The fourth-order valence-electron chi connectivity index (χ4n) is 2.62. The number of benzene rings is 1. The van der Waals surface area contributed by atoms with Crippen LogP contribution in [0.25, 0.3) is 0 Å². The molecular formula is C14H18N2O3. The van der Waals surface area contributed by atoms with Crippen LogP contribution in [0.15, 0.2) is 30.3 Å². The van der Waals surface area contributed by atoms with E-state index in [1.165, 1.54) is 0 Å². The van der Waals surface area contributed by atoms with Crippen LogP contribution in [0.3, 0.4) is 0 Å². The Balaban J connectivity index is 2.20. The van der Waals surface area contributed by atoms with Crippen LogP contribution in [-0.4, -0.2) is 35.0 Å². The van der Waals surface area contributed by atoms with Gasteiger partial charge in [-0.2, -0.15) is 0 Å². The van der Waals surface area contributed by atoms with Crippen LogP contribution in [0.4, 0.5) is 0 Å². The predicted molar refractivity (Wildman–Crippen MR) is 70.3 cm³/mol. The minimum atomic E-state index is -0.892. The van der Waals surface area contributed by atoms with Gasteiger partial charge in [0.05, 0.1) is 5.92 Å². The maximum absolute atomic E-state index is 11.5. The third-order valence-electron chi connectivity index (χ3n) is 3.57. The Morgan fingerprint density at radius 2 is 2.00 bits per heavy atom. The van der Waals surface area contributed by atoms with Gasteiger partial charge in [0.2, 0.25) is 5.91 Å². The van der Waals surface area contributed by atoms with E-state index in [9.17, 15) is 14.7 Å². The Hall–Kier alpha value is -1.88. The van der Waals surface area contributed by atoms with Crippen molar-refractivity contribution in [3.63, 3.8) is 0 Å². The number of amides is 1. The zero-order chi connectivity index (χ0) is 13.8. The molecule has 19 heavy (non-hydrogen) atoms. The second-order valence-corrected chi connectivity index (χ2v) is 4.89. The summed E-state index contributed by atoms with van der Waals surface area (Å²) in [7, 11) is 0. The minimum absolute atomic E-state index is 0.251. The van der Waals surface area contributed by atoms with E-state index < -0.39 is 12.0 Å². The van der Waals surface area contributed by atoms with Gasteiger partial charge in [-0.05, 0) is 24.9 Å². The molecule has 2 rings (SSSR count). The van der Waals surface area contributed by atoms with Gasteiger partial charge in [0.15, 0.2) is 0 Å². The number of nitrogens with two attached hydrogens (primary N) is 1. The Kier molecular flexibility index (Phi) is 4.16. The van der Waals surface area contributed by atoms with Crippen molar-refractivity contribution in [3.05, 3.63) is 35.9 Å². The molecule has 0 saturated carbocycles.